The van der Waals surface area contributed by atoms with Crippen LogP contribution in [0.1, 0.15) is 74.6 Å². The number of nitriles is 1. The first-order valence-electron chi connectivity index (χ1n) is 10.8. The first kappa shape index (κ1) is 21.1. The van der Waals surface area contributed by atoms with Crippen LogP contribution in [0.5, 0.6) is 5.75 Å². The Bertz CT molecular complexity index is 884. The molecule has 0 saturated heterocycles. The zero-order chi connectivity index (χ0) is 20.9. The van der Waals surface area contributed by atoms with Gasteiger partial charge < -0.3 is 4.74 Å². The van der Waals surface area contributed by atoms with E-state index in [0.29, 0.717) is 17.2 Å². The summed E-state index contributed by atoms with van der Waals surface area (Å²) in [6, 6.07) is 16.1. The van der Waals surface area contributed by atoms with Crippen molar-refractivity contribution < 1.29 is 9.53 Å². The molecule has 0 unspecified atom stereocenters. The summed E-state index contributed by atoms with van der Waals surface area (Å²) in [6.45, 7) is 6.40. The molecule has 1 aliphatic carbocycles. The second kappa shape index (κ2) is 9.27. The number of rotatable bonds is 6. The van der Waals surface area contributed by atoms with Crippen molar-refractivity contribution in [1.29, 1.82) is 5.26 Å². The fourth-order valence-electron chi connectivity index (χ4n) is 4.23. The lowest BCUT2D eigenvalue weighted by molar-refractivity contribution is -0.142. The Hall–Kier alpha value is -2.60. The molecule has 1 fully saturated rings. The third-order valence-electron chi connectivity index (χ3n) is 6.07. The van der Waals surface area contributed by atoms with E-state index in [1.807, 2.05) is 13.0 Å². The van der Waals surface area contributed by atoms with Gasteiger partial charge in [0, 0.05) is 0 Å². The van der Waals surface area contributed by atoms with E-state index in [0.717, 1.165) is 56.1 Å². The van der Waals surface area contributed by atoms with Crippen molar-refractivity contribution in [1.82, 2.24) is 0 Å². The van der Waals surface area contributed by atoms with Gasteiger partial charge in [0.25, 0.3) is 0 Å². The average molecular weight is 390 g/mol. The molecule has 0 atom stereocenters. The maximum absolute atomic E-state index is 13.4. The number of ether oxygens (including phenoxy) is 1. The van der Waals surface area contributed by atoms with Gasteiger partial charge in [0.15, 0.2) is 0 Å². The fraction of sp³-hybridized carbons (Fsp3) is 0.462. The highest BCUT2D eigenvalue weighted by Gasteiger charge is 2.43. The summed E-state index contributed by atoms with van der Waals surface area (Å²) < 4.78 is 5.84. The molecule has 3 heteroatoms. The Morgan fingerprint density at radius 2 is 1.79 bits per heavy atom. The van der Waals surface area contributed by atoms with Crippen molar-refractivity contribution in [2.75, 3.05) is 0 Å². The molecule has 0 radical (unpaired) electrons. The van der Waals surface area contributed by atoms with Crippen molar-refractivity contribution in [2.45, 2.75) is 71.1 Å². The van der Waals surface area contributed by atoms with E-state index in [-0.39, 0.29) is 5.97 Å². The third kappa shape index (κ3) is 4.88. The molecule has 0 aliphatic heterocycles. The van der Waals surface area contributed by atoms with Gasteiger partial charge in [-0.25, -0.2) is 0 Å². The predicted molar refractivity (Wildman–Crippen MR) is 116 cm³/mol. The molecule has 0 bridgehead atoms. The second-order valence-corrected chi connectivity index (χ2v) is 8.77. The minimum atomic E-state index is -0.619. The third-order valence-corrected chi connectivity index (χ3v) is 6.07. The molecule has 29 heavy (non-hydrogen) atoms. The Kier molecular flexibility index (Phi) is 6.75. The molecular formula is C26H31NO2. The number of nitrogens with zero attached hydrogens (tertiary/aromatic N) is 1. The first-order valence-corrected chi connectivity index (χ1v) is 10.8. The number of carbonyl (C=O) groups excluding carboxylic acids is 1. The van der Waals surface area contributed by atoms with E-state index in [9.17, 15) is 10.1 Å². The van der Waals surface area contributed by atoms with Gasteiger partial charge in [-0.1, -0.05) is 63.4 Å². The summed E-state index contributed by atoms with van der Waals surface area (Å²) in [4.78, 5) is 13.4. The van der Waals surface area contributed by atoms with Crippen molar-refractivity contribution >= 4 is 5.97 Å². The number of aryl methyl sites for hydroxylation is 2. The minimum absolute atomic E-state index is 0.229. The summed E-state index contributed by atoms with van der Waals surface area (Å²) in [6.07, 6.45) is 7.00. The first-order chi connectivity index (χ1) is 13.9. The molecular weight excluding hydrogens is 358 g/mol. The summed E-state index contributed by atoms with van der Waals surface area (Å²) in [5, 5.41) is 9.43. The molecule has 2 aromatic carbocycles. The van der Waals surface area contributed by atoms with Crippen molar-refractivity contribution in [3.05, 3.63) is 64.7 Å². The van der Waals surface area contributed by atoms with E-state index in [2.05, 4.69) is 44.2 Å². The highest BCUT2D eigenvalue weighted by molar-refractivity contribution is 5.85. The molecule has 3 rings (SSSR count). The fourth-order valence-corrected chi connectivity index (χ4v) is 4.23. The summed E-state index contributed by atoms with van der Waals surface area (Å²) in [5.41, 5.74) is 3.12. The smallest absolute Gasteiger partial charge is 0.321 e. The maximum atomic E-state index is 13.4. The van der Waals surface area contributed by atoms with Crippen LogP contribution in [0.4, 0.5) is 0 Å². The number of benzene rings is 2. The SMILES string of the molecule is Cc1ccc(OC(=O)C2(c3ccc(CCC(C)C)cc3)CCCCC2)c(C#N)c1. The van der Waals surface area contributed by atoms with Crippen LogP contribution < -0.4 is 4.74 Å². The summed E-state index contributed by atoms with van der Waals surface area (Å²) in [7, 11) is 0. The van der Waals surface area contributed by atoms with Crippen LogP contribution in [0.2, 0.25) is 0 Å². The van der Waals surface area contributed by atoms with E-state index < -0.39 is 5.41 Å². The van der Waals surface area contributed by atoms with Crippen molar-refractivity contribution in [3.63, 3.8) is 0 Å². The largest absolute Gasteiger partial charge is 0.424 e. The minimum Gasteiger partial charge on any atom is -0.424 e. The van der Waals surface area contributed by atoms with Gasteiger partial charge in [-0.3, -0.25) is 4.79 Å². The van der Waals surface area contributed by atoms with Gasteiger partial charge in [-0.15, -0.1) is 0 Å². The second-order valence-electron chi connectivity index (χ2n) is 8.77. The zero-order valence-electron chi connectivity index (χ0n) is 17.8. The van der Waals surface area contributed by atoms with Crippen LogP contribution >= 0.6 is 0 Å². The van der Waals surface area contributed by atoms with Gasteiger partial charge in [0.1, 0.15) is 11.8 Å². The topological polar surface area (TPSA) is 50.1 Å². The number of hydrogen-bond acceptors (Lipinski definition) is 3. The van der Waals surface area contributed by atoms with Crippen molar-refractivity contribution in [3.8, 4) is 11.8 Å². The van der Waals surface area contributed by atoms with E-state index in [1.54, 1.807) is 12.1 Å². The number of esters is 1. The Morgan fingerprint density at radius 1 is 1.10 bits per heavy atom. The van der Waals surface area contributed by atoms with Crippen LogP contribution in [0, 0.1) is 24.2 Å². The molecule has 1 aliphatic rings. The zero-order valence-corrected chi connectivity index (χ0v) is 17.8. The molecule has 3 nitrogen and oxygen atoms in total. The summed E-state index contributed by atoms with van der Waals surface area (Å²) >= 11 is 0. The lowest BCUT2D eigenvalue weighted by Gasteiger charge is -2.35. The van der Waals surface area contributed by atoms with Crippen LogP contribution in [0.15, 0.2) is 42.5 Å². The van der Waals surface area contributed by atoms with Crippen LogP contribution in [0.25, 0.3) is 0 Å². The summed E-state index contributed by atoms with van der Waals surface area (Å²) in [5.74, 6) is 0.812. The van der Waals surface area contributed by atoms with Crippen molar-refractivity contribution in [2.24, 2.45) is 5.92 Å². The van der Waals surface area contributed by atoms with Gasteiger partial charge in [-0.05, 0) is 67.3 Å². The van der Waals surface area contributed by atoms with Gasteiger partial charge in [0.05, 0.1) is 11.0 Å². The number of carbonyl (C=O) groups is 1. The molecule has 0 amide bonds. The Labute approximate surface area is 174 Å². The monoisotopic (exact) mass is 389 g/mol. The molecule has 0 heterocycles. The standard InChI is InChI=1S/C26H31NO2/c1-19(2)7-9-21-10-12-23(13-11-21)26(15-5-4-6-16-26)25(28)29-24-14-8-20(3)17-22(24)18-27/h8,10-14,17,19H,4-7,9,15-16H2,1-3H3. The highest BCUT2D eigenvalue weighted by atomic mass is 16.5. The average Bonchev–Trinajstić information content (AvgIpc) is 2.74. The van der Waals surface area contributed by atoms with E-state index >= 15 is 0 Å². The maximum Gasteiger partial charge on any atom is 0.321 e. The van der Waals surface area contributed by atoms with Crippen LogP contribution in [0.3, 0.4) is 0 Å². The molecule has 0 N–H and O–H groups in total. The quantitative estimate of drug-likeness (QED) is 0.432. The van der Waals surface area contributed by atoms with Crippen LogP contribution in [-0.2, 0) is 16.6 Å². The molecule has 1 saturated carbocycles. The van der Waals surface area contributed by atoms with Gasteiger partial charge in [-0.2, -0.15) is 5.26 Å². The Balaban J connectivity index is 1.87. The molecule has 0 aromatic heterocycles. The lowest BCUT2D eigenvalue weighted by Crippen LogP contribution is -2.41. The van der Waals surface area contributed by atoms with Gasteiger partial charge >= 0.3 is 5.97 Å². The normalized spacial score (nSPS) is 15.7. The predicted octanol–water partition coefficient (Wildman–Crippen LogP) is 6.26. The Morgan fingerprint density at radius 3 is 2.41 bits per heavy atom. The van der Waals surface area contributed by atoms with Gasteiger partial charge in [0.2, 0.25) is 0 Å². The molecule has 2 aromatic rings. The molecule has 152 valence electrons. The molecule has 0 spiro atoms. The highest BCUT2D eigenvalue weighted by Crippen LogP contribution is 2.41. The number of hydrogen-bond donors (Lipinski definition) is 0. The van der Waals surface area contributed by atoms with Crippen LogP contribution in [-0.4, -0.2) is 5.97 Å². The van der Waals surface area contributed by atoms with E-state index in [1.165, 1.54) is 5.56 Å². The lowest BCUT2D eigenvalue weighted by atomic mass is 9.69. The van der Waals surface area contributed by atoms with E-state index in [4.69, 9.17) is 4.74 Å².